The largest absolute Gasteiger partial charge is 0.347 e. The monoisotopic (exact) mass is 528 g/mol. The Balaban J connectivity index is 1.54. The van der Waals surface area contributed by atoms with Crippen molar-refractivity contribution >= 4 is 17.1 Å². The molecule has 3 heterocycles. The molecule has 0 atom stereocenters. The number of para-hydroxylation sites is 3. The van der Waals surface area contributed by atoms with E-state index in [1.165, 1.54) is 56.8 Å². The molecule has 0 bridgehead atoms. The number of allylic oxidation sites excluding steroid dienone is 6. The minimum atomic E-state index is -0.103. The fourth-order valence-electron chi connectivity index (χ4n) is 7.38. The van der Waals surface area contributed by atoms with Crippen molar-refractivity contribution in [3.05, 3.63) is 131 Å². The van der Waals surface area contributed by atoms with Crippen molar-refractivity contribution in [2.75, 3.05) is 35.8 Å². The normalized spacial score (nSPS) is 22.9. The average molecular weight is 529 g/mol. The van der Waals surface area contributed by atoms with Gasteiger partial charge in [-0.2, -0.15) is 0 Å². The SMILES string of the molecule is CN1/C(=C\[C](/C=C2/N(C)c3ccccc3C2(C)C)/C=C2/N(C)c3ccccc3C2(C)C)C(C)(C)c2ccccc21. The Bertz CT molecular complexity index is 1390. The summed E-state index contributed by atoms with van der Waals surface area (Å²) in [7, 11) is 6.63. The zero-order chi connectivity index (χ0) is 28.6. The highest BCUT2D eigenvalue weighted by atomic mass is 15.2. The van der Waals surface area contributed by atoms with Crippen LogP contribution in [0, 0.1) is 5.92 Å². The summed E-state index contributed by atoms with van der Waals surface area (Å²) in [5.41, 5.74) is 11.6. The third-order valence-electron chi connectivity index (χ3n) is 9.73. The summed E-state index contributed by atoms with van der Waals surface area (Å²) in [6.07, 6.45) is 7.29. The van der Waals surface area contributed by atoms with Crippen LogP contribution >= 0.6 is 0 Å². The van der Waals surface area contributed by atoms with Crippen molar-refractivity contribution in [1.29, 1.82) is 0 Å². The van der Waals surface area contributed by atoms with Crippen molar-refractivity contribution in [2.45, 2.75) is 57.8 Å². The molecule has 1 radical (unpaired) electrons. The first kappa shape index (κ1) is 26.5. The van der Waals surface area contributed by atoms with Crippen LogP contribution in [0.3, 0.4) is 0 Å². The van der Waals surface area contributed by atoms with Crippen molar-refractivity contribution in [1.82, 2.24) is 0 Å². The molecule has 0 saturated heterocycles. The van der Waals surface area contributed by atoms with Gasteiger partial charge in [0, 0.05) is 77.5 Å². The van der Waals surface area contributed by atoms with Gasteiger partial charge in [0.05, 0.1) is 0 Å². The van der Waals surface area contributed by atoms with Gasteiger partial charge in [-0.15, -0.1) is 0 Å². The van der Waals surface area contributed by atoms with Crippen LogP contribution in [0.1, 0.15) is 58.2 Å². The predicted molar refractivity (Wildman–Crippen MR) is 171 cm³/mol. The minimum absolute atomic E-state index is 0.103. The van der Waals surface area contributed by atoms with E-state index in [0.29, 0.717) is 0 Å². The number of hydrogen-bond acceptors (Lipinski definition) is 3. The van der Waals surface area contributed by atoms with Crippen LogP contribution in [0.4, 0.5) is 17.1 Å². The second-order valence-corrected chi connectivity index (χ2v) is 13.2. The topological polar surface area (TPSA) is 9.72 Å². The lowest BCUT2D eigenvalue weighted by atomic mass is 9.79. The molecule has 3 aliphatic heterocycles. The molecule has 0 unspecified atom stereocenters. The molecule has 205 valence electrons. The second kappa shape index (κ2) is 8.89. The molecule has 0 aliphatic carbocycles. The molecule has 0 amide bonds. The van der Waals surface area contributed by atoms with Gasteiger partial charge in [-0.1, -0.05) is 96.1 Å². The van der Waals surface area contributed by atoms with E-state index in [9.17, 15) is 0 Å². The van der Waals surface area contributed by atoms with Crippen molar-refractivity contribution in [3.63, 3.8) is 0 Å². The van der Waals surface area contributed by atoms with E-state index >= 15 is 0 Å². The second-order valence-electron chi connectivity index (χ2n) is 13.2. The smallest absolute Gasteiger partial charge is 0.0465 e. The summed E-state index contributed by atoms with van der Waals surface area (Å²) in [6, 6.07) is 26.5. The third-order valence-corrected chi connectivity index (χ3v) is 9.73. The van der Waals surface area contributed by atoms with Gasteiger partial charge in [0.25, 0.3) is 0 Å². The highest BCUT2D eigenvalue weighted by molar-refractivity contribution is 5.74. The number of fused-ring (bicyclic) bond motifs is 3. The highest BCUT2D eigenvalue weighted by Gasteiger charge is 2.42. The highest BCUT2D eigenvalue weighted by Crippen LogP contribution is 2.51. The van der Waals surface area contributed by atoms with Crippen LogP contribution in [0.2, 0.25) is 0 Å². The van der Waals surface area contributed by atoms with E-state index in [0.717, 1.165) is 0 Å². The molecule has 3 aliphatic rings. The summed E-state index contributed by atoms with van der Waals surface area (Å²) in [6.45, 7) is 14.1. The molecule has 3 aromatic carbocycles. The lowest BCUT2D eigenvalue weighted by Gasteiger charge is -2.29. The van der Waals surface area contributed by atoms with E-state index in [-0.39, 0.29) is 16.2 Å². The van der Waals surface area contributed by atoms with E-state index in [2.05, 4.69) is 168 Å². The van der Waals surface area contributed by atoms with E-state index < -0.39 is 0 Å². The van der Waals surface area contributed by atoms with Crippen molar-refractivity contribution in [2.24, 2.45) is 0 Å². The van der Waals surface area contributed by atoms with E-state index in [1.807, 2.05) is 0 Å². The Kier molecular flexibility index (Phi) is 5.89. The number of hydrogen-bond donors (Lipinski definition) is 0. The molecule has 3 aromatic rings. The molecule has 6 rings (SSSR count). The zero-order valence-corrected chi connectivity index (χ0v) is 25.5. The number of anilines is 3. The Labute approximate surface area is 241 Å². The maximum atomic E-state index is 2.43. The lowest BCUT2D eigenvalue weighted by Crippen LogP contribution is -2.26. The summed E-state index contributed by atoms with van der Waals surface area (Å²) in [5, 5.41) is 0. The van der Waals surface area contributed by atoms with Gasteiger partial charge in [0.2, 0.25) is 0 Å². The van der Waals surface area contributed by atoms with Crippen LogP contribution in [-0.2, 0) is 16.2 Å². The molecule has 0 spiro atoms. The fourth-order valence-corrected chi connectivity index (χ4v) is 7.38. The maximum absolute atomic E-state index is 2.43. The number of nitrogens with zero attached hydrogens (tertiary/aromatic N) is 3. The third kappa shape index (κ3) is 3.70. The quantitative estimate of drug-likeness (QED) is 0.337. The van der Waals surface area contributed by atoms with Gasteiger partial charge in [-0.05, 0) is 53.1 Å². The predicted octanol–water partition coefficient (Wildman–Crippen LogP) is 8.50. The maximum Gasteiger partial charge on any atom is 0.0465 e. The van der Waals surface area contributed by atoms with Crippen molar-refractivity contribution in [3.8, 4) is 0 Å². The van der Waals surface area contributed by atoms with Gasteiger partial charge in [-0.3, -0.25) is 0 Å². The zero-order valence-electron chi connectivity index (χ0n) is 25.5. The van der Waals surface area contributed by atoms with Crippen LogP contribution in [0.5, 0.6) is 0 Å². The molecular formula is C37H42N3. The first-order chi connectivity index (χ1) is 18.9. The first-order valence-electron chi connectivity index (χ1n) is 14.4. The lowest BCUT2D eigenvalue weighted by molar-refractivity contribution is 0.630. The molecule has 40 heavy (non-hydrogen) atoms. The number of likely N-dealkylation sites (N-methyl/N-ethyl adjacent to an activating group) is 3. The Morgan fingerprint density at radius 1 is 0.450 bits per heavy atom. The average Bonchev–Trinajstić information content (AvgIpc) is 3.34. The van der Waals surface area contributed by atoms with E-state index in [1.54, 1.807) is 0 Å². The van der Waals surface area contributed by atoms with Gasteiger partial charge >= 0.3 is 0 Å². The van der Waals surface area contributed by atoms with Crippen LogP contribution < -0.4 is 14.7 Å². The van der Waals surface area contributed by atoms with Crippen LogP contribution in [-0.4, -0.2) is 21.1 Å². The standard InChI is InChI=1S/C37H42N3/c1-35(2)26-16-10-13-19-29(26)38(7)32(35)22-25(23-33-36(3,4)27-17-11-14-20-30(27)39(33)8)24-34-37(5,6)28-18-12-15-21-31(28)40(34)9/h10-24H,1-9H3/b32-22-,33-23+,34-24+. The van der Waals surface area contributed by atoms with Gasteiger partial charge in [-0.25, -0.2) is 0 Å². The minimum Gasteiger partial charge on any atom is -0.347 e. The fraction of sp³-hybridized carbons (Fsp3) is 0.324. The summed E-state index contributed by atoms with van der Waals surface area (Å²) in [4.78, 5) is 7.13. The van der Waals surface area contributed by atoms with E-state index in [4.69, 9.17) is 0 Å². The number of rotatable bonds is 3. The van der Waals surface area contributed by atoms with Gasteiger partial charge < -0.3 is 14.7 Å². The first-order valence-corrected chi connectivity index (χ1v) is 14.4. The van der Waals surface area contributed by atoms with Gasteiger partial charge in [0.15, 0.2) is 0 Å². The Morgan fingerprint density at radius 3 is 0.950 bits per heavy atom. The van der Waals surface area contributed by atoms with Gasteiger partial charge in [0.1, 0.15) is 0 Å². The summed E-state index contributed by atoms with van der Waals surface area (Å²) >= 11 is 0. The van der Waals surface area contributed by atoms with Crippen LogP contribution in [0.15, 0.2) is 108 Å². The Morgan fingerprint density at radius 2 is 0.700 bits per heavy atom. The molecule has 3 heteroatoms. The Hall–Kier alpha value is -3.72. The molecule has 0 aromatic heterocycles. The summed E-state index contributed by atoms with van der Waals surface area (Å²) < 4.78 is 0. The van der Waals surface area contributed by atoms with Crippen molar-refractivity contribution < 1.29 is 0 Å². The molecule has 0 saturated carbocycles. The summed E-state index contributed by atoms with van der Waals surface area (Å²) in [5.74, 6) is 1.22. The molecule has 0 fully saturated rings. The number of benzene rings is 3. The molecule has 3 nitrogen and oxygen atoms in total. The molecule has 0 N–H and O–H groups in total. The molecular weight excluding hydrogens is 486 g/mol. The van der Waals surface area contributed by atoms with Crippen LogP contribution in [0.25, 0.3) is 0 Å².